The number of likely N-dealkylation sites (tertiary alicyclic amines) is 1. The number of benzene rings is 1. The standard InChI is InChI=1S/C24H31N5O3/c1-32-21-10-6-5-9-20(21)26-24(31)27-22-11-14-25-29(22)19-12-15-28(16-13-19)23(30)17-18-7-3-2-4-8-18/h5-7,9-11,14,19H,2-4,8,12-13,15-17H2,1H3,(H2,26,27,31). The number of hydrogen-bond donors (Lipinski definition) is 2. The van der Waals surface area contributed by atoms with Crippen LogP contribution in [0, 0.1) is 0 Å². The molecule has 2 aromatic rings. The van der Waals surface area contributed by atoms with Gasteiger partial charge in [0.15, 0.2) is 0 Å². The third-order valence-electron chi connectivity index (χ3n) is 6.19. The van der Waals surface area contributed by atoms with Gasteiger partial charge in [-0.15, -0.1) is 0 Å². The zero-order valence-electron chi connectivity index (χ0n) is 18.5. The molecule has 0 atom stereocenters. The Hall–Kier alpha value is -3.29. The number of piperidine rings is 1. The van der Waals surface area contributed by atoms with Crippen LogP contribution in [0.15, 0.2) is 48.2 Å². The second kappa shape index (κ2) is 10.3. The van der Waals surface area contributed by atoms with E-state index in [9.17, 15) is 9.59 Å². The van der Waals surface area contributed by atoms with Crippen molar-refractivity contribution in [2.24, 2.45) is 0 Å². The lowest BCUT2D eigenvalue weighted by atomic mass is 9.96. The SMILES string of the molecule is COc1ccccc1NC(=O)Nc1ccnn1C1CCN(C(=O)CC2=CCCCC2)CC1. The van der Waals surface area contributed by atoms with Crippen molar-refractivity contribution < 1.29 is 14.3 Å². The maximum Gasteiger partial charge on any atom is 0.324 e. The molecule has 0 unspecified atom stereocenters. The molecule has 1 aliphatic carbocycles. The largest absolute Gasteiger partial charge is 0.495 e. The monoisotopic (exact) mass is 437 g/mol. The molecule has 1 aromatic carbocycles. The fraction of sp³-hybridized carbons (Fsp3) is 0.458. The van der Waals surface area contributed by atoms with E-state index in [2.05, 4.69) is 21.8 Å². The van der Waals surface area contributed by atoms with E-state index >= 15 is 0 Å². The number of nitrogens with one attached hydrogen (secondary N) is 2. The van der Waals surface area contributed by atoms with Crippen molar-refractivity contribution in [1.29, 1.82) is 0 Å². The van der Waals surface area contributed by atoms with E-state index in [4.69, 9.17) is 4.74 Å². The highest BCUT2D eigenvalue weighted by Gasteiger charge is 2.26. The Morgan fingerprint density at radius 3 is 2.69 bits per heavy atom. The number of nitrogens with zero attached hydrogens (tertiary/aromatic N) is 3. The molecule has 2 N–H and O–H groups in total. The molecule has 2 aliphatic rings. The van der Waals surface area contributed by atoms with Crippen LogP contribution in [0.5, 0.6) is 5.75 Å². The maximum absolute atomic E-state index is 12.7. The highest BCUT2D eigenvalue weighted by molar-refractivity contribution is 6.00. The molecule has 8 heteroatoms. The highest BCUT2D eigenvalue weighted by atomic mass is 16.5. The Balaban J connectivity index is 1.31. The fourth-order valence-electron chi connectivity index (χ4n) is 4.45. The molecule has 1 fully saturated rings. The summed E-state index contributed by atoms with van der Waals surface area (Å²) >= 11 is 0. The zero-order chi connectivity index (χ0) is 22.3. The van der Waals surface area contributed by atoms with Crippen LogP contribution in [0.25, 0.3) is 0 Å². The predicted molar refractivity (Wildman–Crippen MR) is 124 cm³/mol. The van der Waals surface area contributed by atoms with E-state index in [0.29, 0.717) is 36.8 Å². The van der Waals surface area contributed by atoms with E-state index in [0.717, 1.165) is 25.7 Å². The molecule has 0 bridgehead atoms. The maximum atomic E-state index is 12.7. The van der Waals surface area contributed by atoms with E-state index in [1.165, 1.54) is 18.4 Å². The number of allylic oxidation sites excluding steroid dienone is 1. The van der Waals surface area contributed by atoms with Crippen molar-refractivity contribution in [3.8, 4) is 5.75 Å². The molecule has 2 heterocycles. The van der Waals surface area contributed by atoms with E-state index in [1.54, 1.807) is 31.5 Å². The minimum atomic E-state index is -0.357. The molecule has 0 radical (unpaired) electrons. The lowest BCUT2D eigenvalue weighted by molar-refractivity contribution is -0.131. The van der Waals surface area contributed by atoms with Crippen LogP contribution in [0.3, 0.4) is 0 Å². The minimum absolute atomic E-state index is 0.143. The molecular weight excluding hydrogens is 406 g/mol. The number of anilines is 2. The van der Waals surface area contributed by atoms with Crippen LogP contribution < -0.4 is 15.4 Å². The Kier molecular flexibility index (Phi) is 7.09. The van der Waals surface area contributed by atoms with Gasteiger partial charge < -0.3 is 15.0 Å². The average molecular weight is 438 g/mol. The summed E-state index contributed by atoms with van der Waals surface area (Å²) < 4.78 is 7.14. The summed E-state index contributed by atoms with van der Waals surface area (Å²) in [6.45, 7) is 1.42. The van der Waals surface area contributed by atoms with Crippen molar-refractivity contribution in [2.75, 3.05) is 30.8 Å². The normalized spacial score (nSPS) is 16.9. The van der Waals surface area contributed by atoms with Crippen LogP contribution in [0.1, 0.15) is 51.0 Å². The van der Waals surface area contributed by atoms with Crippen molar-refractivity contribution in [1.82, 2.24) is 14.7 Å². The molecule has 0 saturated carbocycles. The van der Waals surface area contributed by atoms with Crippen LogP contribution in [0.2, 0.25) is 0 Å². The number of carbonyl (C=O) groups is 2. The molecule has 8 nitrogen and oxygen atoms in total. The second-order valence-electron chi connectivity index (χ2n) is 8.34. The van der Waals surface area contributed by atoms with Gasteiger partial charge in [-0.1, -0.05) is 23.8 Å². The molecule has 1 aliphatic heterocycles. The van der Waals surface area contributed by atoms with Gasteiger partial charge >= 0.3 is 6.03 Å². The first-order chi connectivity index (χ1) is 15.6. The number of methoxy groups -OCH3 is 1. The van der Waals surface area contributed by atoms with Gasteiger partial charge in [0.25, 0.3) is 0 Å². The minimum Gasteiger partial charge on any atom is -0.495 e. The molecule has 1 aromatic heterocycles. The lowest BCUT2D eigenvalue weighted by Gasteiger charge is -2.33. The Morgan fingerprint density at radius 1 is 1.12 bits per heavy atom. The molecule has 3 amide bonds. The molecular formula is C24H31N5O3. The number of aromatic nitrogens is 2. The summed E-state index contributed by atoms with van der Waals surface area (Å²) in [7, 11) is 1.57. The molecule has 170 valence electrons. The van der Waals surface area contributed by atoms with E-state index in [1.807, 2.05) is 21.7 Å². The fourth-order valence-corrected chi connectivity index (χ4v) is 4.45. The quantitative estimate of drug-likeness (QED) is 0.647. The Morgan fingerprint density at radius 2 is 1.94 bits per heavy atom. The van der Waals surface area contributed by atoms with Gasteiger partial charge in [-0.3, -0.25) is 10.1 Å². The van der Waals surface area contributed by atoms with Crippen LogP contribution in [-0.2, 0) is 4.79 Å². The van der Waals surface area contributed by atoms with Crippen LogP contribution in [0.4, 0.5) is 16.3 Å². The third-order valence-corrected chi connectivity index (χ3v) is 6.19. The molecule has 4 rings (SSSR count). The van der Waals surface area contributed by atoms with Crippen molar-refractivity contribution in [2.45, 2.75) is 51.0 Å². The highest BCUT2D eigenvalue weighted by Crippen LogP contribution is 2.28. The number of carbonyl (C=O) groups excluding carboxylic acids is 2. The Bertz CT molecular complexity index is 976. The predicted octanol–water partition coefficient (Wildman–Crippen LogP) is 4.59. The first-order valence-corrected chi connectivity index (χ1v) is 11.3. The summed E-state index contributed by atoms with van der Waals surface area (Å²) in [5.41, 5.74) is 1.89. The first-order valence-electron chi connectivity index (χ1n) is 11.3. The number of para-hydroxylation sites is 2. The smallest absolute Gasteiger partial charge is 0.324 e. The first kappa shape index (κ1) is 21.9. The van der Waals surface area contributed by atoms with Crippen molar-refractivity contribution in [3.63, 3.8) is 0 Å². The number of ether oxygens (including phenoxy) is 1. The summed E-state index contributed by atoms with van der Waals surface area (Å²) in [6.07, 6.45) is 10.7. The number of hydrogen-bond acceptors (Lipinski definition) is 4. The van der Waals surface area contributed by atoms with Gasteiger partial charge in [0.1, 0.15) is 11.6 Å². The lowest BCUT2D eigenvalue weighted by Crippen LogP contribution is -2.39. The van der Waals surface area contributed by atoms with Crippen LogP contribution in [-0.4, -0.2) is 46.8 Å². The summed E-state index contributed by atoms with van der Waals surface area (Å²) in [6, 6.07) is 8.83. The van der Waals surface area contributed by atoms with Gasteiger partial charge in [-0.25, -0.2) is 9.48 Å². The molecule has 32 heavy (non-hydrogen) atoms. The summed E-state index contributed by atoms with van der Waals surface area (Å²) in [5, 5.41) is 10.1. The summed E-state index contributed by atoms with van der Waals surface area (Å²) in [5.74, 6) is 1.46. The topological polar surface area (TPSA) is 88.5 Å². The van der Waals surface area contributed by atoms with Gasteiger partial charge in [0.2, 0.25) is 5.91 Å². The van der Waals surface area contributed by atoms with Crippen LogP contribution >= 0.6 is 0 Å². The van der Waals surface area contributed by atoms with Crippen molar-refractivity contribution in [3.05, 3.63) is 48.2 Å². The Labute approximate surface area is 188 Å². The number of amides is 3. The van der Waals surface area contributed by atoms with E-state index < -0.39 is 0 Å². The van der Waals surface area contributed by atoms with Gasteiger partial charge in [-0.05, 0) is 50.7 Å². The summed E-state index contributed by atoms with van der Waals surface area (Å²) in [4.78, 5) is 27.2. The second-order valence-corrected chi connectivity index (χ2v) is 8.34. The zero-order valence-corrected chi connectivity index (χ0v) is 18.5. The number of urea groups is 1. The number of rotatable bonds is 6. The third kappa shape index (κ3) is 5.30. The van der Waals surface area contributed by atoms with E-state index in [-0.39, 0.29) is 18.0 Å². The van der Waals surface area contributed by atoms with Crippen molar-refractivity contribution >= 4 is 23.4 Å². The van der Waals surface area contributed by atoms with Gasteiger partial charge in [-0.2, -0.15) is 5.10 Å². The average Bonchev–Trinajstić information content (AvgIpc) is 3.28. The van der Waals surface area contributed by atoms with Gasteiger partial charge in [0.05, 0.1) is 25.0 Å². The molecule has 0 spiro atoms. The van der Waals surface area contributed by atoms with Gasteiger partial charge in [0, 0.05) is 25.6 Å². The molecule has 1 saturated heterocycles.